The Labute approximate surface area is 169 Å². The van der Waals surface area contributed by atoms with Gasteiger partial charge in [-0.3, -0.25) is 9.52 Å². The molecule has 0 fully saturated rings. The van der Waals surface area contributed by atoms with Crippen molar-refractivity contribution in [3.8, 4) is 5.88 Å². The van der Waals surface area contributed by atoms with Crippen LogP contribution in [0.5, 0.6) is 5.88 Å². The summed E-state index contributed by atoms with van der Waals surface area (Å²) in [5.41, 5.74) is 2.48. The minimum absolute atomic E-state index is 0.0342. The van der Waals surface area contributed by atoms with Crippen LogP contribution in [0.15, 0.2) is 65.8 Å². The molecule has 2 N–H and O–H groups in total. The van der Waals surface area contributed by atoms with Crippen molar-refractivity contribution in [2.75, 3.05) is 17.1 Å². The fourth-order valence-corrected chi connectivity index (χ4v) is 3.61. The largest absolute Gasteiger partial charge is 0.481 e. The fourth-order valence-electron chi connectivity index (χ4n) is 2.61. The van der Waals surface area contributed by atoms with Crippen LogP contribution in [0.4, 0.5) is 11.5 Å². The molecule has 0 saturated carbocycles. The molecule has 1 heterocycles. The van der Waals surface area contributed by atoms with Crippen molar-refractivity contribution < 1.29 is 17.9 Å². The number of anilines is 2. The Bertz CT molecular complexity index is 1120. The second kappa shape index (κ2) is 8.70. The number of hydrogen-bond acceptors (Lipinski definition) is 6. The molecule has 0 bridgehead atoms. The third kappa shape index (κ3) is 5.29. The number of aryl methyl sites for hydroxylation is 1. The number of sulfonamides is 1. The first kappa shape index (κ1) is 20.3. The quantitative estimate of drug-likeness (QED) is 0.617. The lowest BCUT2D eigenvalue weighted by atomic mass is 10.1. The molecule has 0 spiro atoms. The number of benzene rings is 2. The van der Waals surface area contributed by atoms with E-state index in [1.165, 1.54) is 43.8 Å². The molecule has 29 heavy (non-hydrogen) atoms. The van der Waals surface area contributed by atoms with Gasteiger partial charge in [0.25, 0.3) is 10.0 Å². The van der Waals surface area contributed by atoms with Gasteiger partial charge in [0.05, 0.1) is 18.4 Å². The molecule has 9 heteroatoms. The number of ether oxygens (including phenoxy) is 1. The summed E-state index contributed by atoms with van der Waals surface area (Å²) >= 11 is 0. The normalized spacial score (nSPS) is 11.0. The summed E-state index contributed by atoms with van der Waals surface area (Å²) in [5, 5.41) is 2.77. The minimum atomic E-state index is -3.85. The van der Waals surface area contributed by atoms with Gasteiger partial charge >= 0.3 is 0 Å². The van der Waals surface area contributed by atoms with Gasteiger partial charge in [0.15, 0.2) is 0 Å². The number of rotatable bonds is 7. The maximum atomic E-state index is 12.5. The van der Waals surface area contributed by atoms with Gasteiger partial charge in [0.1, 0.15) is 12.1 Å². The molecule has 8 nitrogen and oxygen atoms in total. The number of amides is 1. The van der Waals surface area contributed by atoms with E-state index < -0.39 is 10.0 Å². The van der Waals surface area contributed by atoms with Gasteiger partial charge in [0, 0.05) is 11.8 Å². The van der Waals surface area contributed by atoms with Crippen LogP contribution < -0.4 is 14.8 Å². The van der Waals surface area contributed by atoms with Crippen LogP contribution in [-0.2, 0) is 21.2 Å². The predicted octanol–water partition coefficient (Wildman–Crippen LogP) is 2.78. The molecule has 1 aromatic heterocycles. The van der Waals surface area contributed by atoms with Gasteiger partial charge in [-0.15, -0.1) is 0 Å². The number of nitrogens with one attached hydrogen (secondary N) is 2. The van der Waals surface area contributed by atoms with Gasteiger partial charge < -0.3 is 10.1 Å². The molecule has 0 aliphatic rings. The van der Waals surface area contributed by atoms with E-state index in [4.69, 9.17) is 4.74 Å². The first-order valence-corrected chi connectivity index (χ1v) is 10.2. The summed E-state index contributed by atoms with van der Waals surface area (Å²) in [6, 6.07) is 14.9. The first-order chi connectivity index (χ1) is 13.9. The van der Waals surface area contributed by atoms with Gasteiger partial charge in [-0.05, 0) is 42.3 Å². The third-order valence-electron chi connectivity index (χ3n) is 4.15. The van der Waals surface area contributed by atoms with Crippen LogP contribution in [0, 0.1) is 6.92 Å². The lowest BCUT2D eigenvalue weighted by Gasteiger charge is -2.10. The molecule has 0 aliphatic carbocycles. The fraction of sp³-hybridized carbons (Fsp3) is 0.150. The lowest BCUT2D eigenvalue weighted by molar-refractivity contribution is -0.115. The van der Waals surface area contributed by atoms with E-state index in [1.807, 2.05) is 31.2 Å². The van der Waals surface area contributed by atoms with Crippen molar-refractivity contribution in [1.82, 2.24) is 9.97 Å². The highest BCUT2D eigenvalue weighted by atomic mass is 32.2. The molecule has 3 rings (SSSR count). The standard InChI is InChI=1S/C20H20N4O4S/c1-14-5-3-4-6-15(14)11-19(25)23-16-7-9-17(10-8-16)29(26,27)24-18-12-20(28-2)22-13-21-18/h3-10,12-13H,11H2,1-2H3,(H,23,25)(H,21,22,24). The highest BCUT2D eigenvalue weighted by molar-refractivity contribution is 7.92. The zero-order chi connectivity index (χ0) is 20.9. The number of carbonyl (C=O) groups is 1. The van der Waals surface area contributed by atoms with Gasteiger partial charge in [0.2, 0.25) is 11.8 Å². The predicted molar refractivity (Wildman–Crippen MR) is 109 cm³/mol. The molecular weight excluding hydrogens is 392 g/mol. The van der Waals surface area contributed by atoms with Gasteiger partial charge in [-0.2, -0.15) is 0 Å². The minimum Gasteiger partial charge on any atom is -0.481 e. The van der Waals surface area contributed by atoms with E-state index in [0.29, 0.717) is 5.69 Å². The smallest absolute Gasteiger partial charge is 0.263 e. The van der Waals surface area contributed by atoms with E-state index in [0.717, 1.165) is 11.1 Å². The van der Waals surface area contributed by atoms with Crippen LogP contribution in [0.3, 0.4) is 0 Å². The molecule has 150 valence electrons. The lowest BCUT2D eigenvalue weighted by Crippen LogP contribution is -2.16. The molecule has 1 amide bonds. The SMILES string of the molecule is COc1cc(NS(=O)(=O)c2ccc(NC(=O)Cc3ccccc3C)cc2)ncn1. The number of methoxy groups -OCH3 is 1. The van der Waals surface area contributed by atoms with Crippen LogP contribution in [0.1, 0.15) is 11.1 Å². The zero-order valence-corrected chi connectivity index (χ0v) is 16.7. The van der Waals surface area contributed by atoms with Gasteiger partial charge in [-0.1, -0.05) is 24.3 Å². The van der Waals surface area contributed by atoms with E-state index in [2.05, 4.69) is 20.0 Å². The third-order valence-corrected chi connectivity index (χ3v) is 5.52. The van der Waals surface area contributed by atoms with E-state index in [1.54, 1.807) is 0 Å². The maximum absolute atomic E-state index is 12.5. The van der Waals surface area contributed by atoms with E-state index in [9.17, 15) is 13.2 Å². The van der Waals surface area contributed by atoms with E-state index in [-0.39, 0.29) is 28.9 Å². The van der Waals surface area contributed by atoms with Crippen molar-refractivity contribution in [3.63, 3.8) is 0 Å². The Hall–Kier alpha value is -3.46. The Morgan fingerprint density at radius 1 is 1.07 bits per heavy atom. The summed E-state index contributed by atoms with van der Waals surface area (Å²) in [7, 11) is -2.42. The number of hydrogen-bond donors (Lipinski definition) is 2. The molecule has 0 radical (unpaired) electrons. The Morgan fingerprint density at radius 2 is 1.79 bits per heavy atom. The van der Waals surface area contributed by atoms with Crippen molar-refractivity contribution in [2.45, 2.75) is 18.2 Å². The average molecular weight is 412 g/mol. The number of aromatic nitrogens is 2. The van der Waals surface area contributed by atoms with Crippen LogP contribution in [-0.4, -0.2) is 31.4 Å². The average Bonchev–Trinajstić information content (AvgIpc) is 2.70. The summed E-state index contributed by atoms with van der Waals surface area (Å²) in [6.07, 6.45) is 1.44. The molecule has 0 atom stereocenters. The van der Waals surface area contributed by atoms with Crippen LogP contribution >= 0.6 is 0 Å². The molecule has 3 aromatic rings. The van der Waals surface area contributed by atoms with E-state index >= 15 is 0 Å². The monoisotopic (exact) mass is 412 g/mol. The highest BCUT2D eigenvalue weighted by Crippen LogP contribution is 2.19. The first-order valence-electron chi connectivity index (χ1n) is 8.70. The van der Waals surface area contributed by atoms with Crippen LogP contribution in [0.2, 0.25) is 0 Å². The summed E-state index contributed by atoms with van der Waals surface area (Å²) in [5.74, 6) is 0.151. The van der Waals surface area contributed by atoms with Crippen molar-refractivity contribution in [2.24, 2.45) is 0 Å². The van der Waals surface area contributed by atoms with Crippen LogP contribution in [0.25, 0.3) is 0 Å². The Morgan fingerprint density at radius 3 is 2.48 bits per heavy atom. The summed E-state index contributed by atoms with van der Waals surface area (Å²) in [6.45, 7) is 1.95. The Kier molecular flexibility index (Phi) is 6.08. The number of nitrogens with zero attached hydrogens (tertiary/aromatic N) is 2. The molecular formula is C20H20N4O4S. The molecule has 0 aliphatic heterocycles. The summed E-state index contributed by atoms with van der Waals surface area (Å²) in [4.78, 5) is 20.0. The second-order valence-electron chi connectivity index (χ2n) is 6.23. The van der Waals surface area contributed by atoms with Crippen molar-refractivity contribution >= 4 is 27.4 Å². The van der Waals surface area contributed by atoms with Crippen molar-refractivity contribution in [3.05, 3.63) is 72.1 Å². The molecule has 2 aromatic carbocycles. The molecule has 0 unspecified atom stereocenters. The van der Waals surface area contributed by atoms with Crippen molar-refractivity contribution in [1.29, 1.82) is 0 Å². The number of carbonyl (C=O) groups excluding carboxylic acids is 1. The van der Waals surface area contributed by atoms with Gasteiger partial charge in [-0.25, -0.2) is 18.4 Å². The second-order valence-corrected chi connectivity index (χ2v) is 7.91. The zero-order valence-electron chi connectivity index (χ0n) is 15.9. The molecule has 0 saturated heterocycles. The highest BCUT2D eigenvalue weighted by Gasteiger charge is 2.16. The Balaban J connectivity index is 1.67. The topological polar surface area (TPSA) is 110 Å². The maximum Gasteiger partial charge on any atom is 0.263 e. The summed E-state index contributed by atoms with van der Waals surface area (Å²) < 4.78 is 32.3.